The maximum Gasteiger partial charge on any atom is 0.191 e. The molecule has 0 saturated carbocycles. The van der Waals surface area contributed by atoms with Crippen molar-refractivity contribution < 1.29 is 9.90 Å². The van der Waals surface area contributed by atoms with Gasteiger partial charge in [-0.25, -0.2) is 0 Å². The molecule has 1 aromatic carbocycles. The molecule has 2 aliphatic carbocycles. The van der Waals surface area contributed by atoms with Crippen LogP contribution in [0.1, 0.15) is 41.6 Å². The van der Waals surface area contributed by atoms with Crippen LogP contribution >= 0.6 is 23.2 Å². The predicted molar refractivity (Wildman–Crippen MR) is 67.8 cm³/mol. The summed E-state index contributed by atoms with van der Waals surface area (Å²) in [6, 6.07) is 1.56. The lowest BCUT2D eigenvalue weighted by molar-refractivity contribution is 0.103. The zero-order valence-electron chi connectivity index (χ0n) is 9.02. The van der Waals surface area contributed by atoms with E-state index in [9.17, 15) is 9.90 Å². The van der Waals surface area contributed by atoms with Crippen LogP contribution in [0.15, 0.2) is 11.6 Å². The van der Waals surface area contributed by atoms with Crippen LogP contribution in [0.25, 0.3) is 5.57 Å². The number of benzene rings is 1. The molecule has 0 radical (unpaired) electrons. The molecule has 2 aliphatic rings. The maximum atomic E-state index is 12.2. The Morgan fingerprint density at radius 3 is 2.41 bits per heavy atom. The summed E-state index contributed by atoms with van der Waals surface area (Å²) >= 11 is 11.9. The highest BCUT2D eigenvalue weighted by Crippen LogP contribution is 2.48. The van der Waals surface area contributed by atoms with Crippen molar-refractivity contribution in [1.82, 2.24) is 0 Å². The van der Waals surface area contributed by atoms with Crippen LogP contribution in [0.3, 0.4) is 0 Å². The molecule has 0 aromatic heterocycles. The normalized spacial score (nSPS) is 18.4. The Hall–Kier alpha value is -0.990. The van der Waals surface area contributed by atoms with Gasteiger partial charge >= 0.3 is 0 Å². The van der Waals surface area contributed by atoms with Gasteiger partial charge in [0.2, 0.25) is 0 Å². The van der Waals surface area contributed by atoms with Crippen LogP contribution in [0.5, 0.6) is 5.75 Å². The predicted octanol–water partition coefficient (Wildman–Crippen LogP) is 4.22. The van der Waals surface area contributed by atoms with Crippen LogP contribution in [0.2, 0.25) is 10.0 Å². The van der Waals surface area contributed by atoms with Crippen molar-refractivity contribution in [2.75, 3.05) is 0 Å². The SMILES string of the molecule is O=C1C2=C(CCCC2)c2cc(O)c(Cl)c(Cl)c21. The quantitative estimate of drug-likeness (QED) is 0.765. The first-order chi connectivity index (χ1) is 8.11. The summed E-state index contributed by atoms with van der Waals surface area (Å²) in [6.07, 6.45) is 3.80. The Morgan fingerprint density at radius 2 is 1.71 bits per heavy atom. The van der Waals surface area contributed by atoms with Gasteiger partial charge in [0.05, 0.1) is 10.6 Å². The second-order valence-corrected chi connectivity index (χ2v) is 5.20. The fraction of sp³-hybridized carbons (Fsp3) is 0.308. The standard InChI is InChI=1S/C13H10Cl2O2/c14-11-9(16)5-8-6-3-1-2-4-7(6)13(17)10(8)12(11)15/h5,16H,1-4H2. The van der Waals surface area contributed by atoms with Gasteiger partial charge in [-0.3, -0.25) is 4.79 Å². The van der Waals surface area contributed by atoms with Crippen molar-refractivity contribution in [3.8, 4) is 5.75 Å². The molecule has 0 unspecified atom stereocenters. The lowest BCUT2D eigenvalue weighted by Gasteiger charge is -2.13. The molecule has 4 heteroatoms. The van der Waals surface area contributed by atoms with Gasteiger partial charge in [-0.05, 0) is 42.9 Å². The van der Waals surface area contributed by atoms with E-state index in [1.54, 1.807) is 6.07 Å². The number of Topliss-reactive ketones (excluding diaryl/α,β-unsaturated/α-hetero) is 1. The zero-order chi connectivity index (χ0) is 12.2. The van der Waals surface area contributed by atoms with Gasteiger partial charge in [0.15, 0.2) is 5.78 Å². The molecule has 88 valence electrons. The highest BCUT2D eigenvalue weighted by atomic mass is 35.5. The molecule has 1 aromatic rings. The number of allylic oxidation sites excluding steroid dienone is 2. The molecule has 0 spiro atoms. The van der Waals surface area contributed by atoms with Gasteiger partial charge in [0, 0.05) is 5.57 Å². The minimum atomic E-state index is -0.0532. The number of fused-ring (bicyclic) bond motifs is 2. The van der Waals surface area contributed by atoms with Crippen LogP contribution < -0.4 is 0 Å². The molecule has 0 fully saturated rings. The third kappa shape index (κ3) is 1.44. The Labute approximate surface area is 109 Å². The first-order valence-electron chi connectivity index (χ1n) is 5.59. The summed E-state index contributed by atoms with van der Waals surface area (Å²) < 4.78 is 0. The molecule has 0 atom stereocenters. The lowest BCUT2D eigenvalue weighted by atomic mass is 9.92. The van der Waals surface area contributed by atoms with Crippen LogP contribution in [0.4, 0.5) is 0 Å². The largest absolute Gasteiger partial charge is 0.506 e. The van der Waals surface area contributed by atoms with E-state index in [0.29, 0.717) is 5.56 Å². The minimum Gasteiger partial charge on any atom is -0.506 e. The number of ketones is 1. The van der Waals surface area contributed by atoms with Crippen LogP contribution in [-0.4, -0.2) is 10.9 Å². The number of hydrogen-bond donors (Lipinski definition) is 1. The van der Waals surface area contributed by atoms with Crippen molar-refractivity contribution >= 4 is 34.6 Å². The Morgan fingerprint density at radius 1 is 1.06 bits per heavy atom. The van der Waals surface area contributed by atoms with Crippen molar-refractivity contribution in [3.63, 3.8) is 0 Å². The zero-order valence-corrected chi connectivity index (χ0v) is 10.5. The summed E-state index contributed by atoms with van der Waals surface area (Å²) in [5.74, 6) is -0.0656. The first kappa shape index (κ1) is 11.1. The summed E-state index contributed by atoms with van der Waals surface area (Å²) in [5, 5.41) is 9.94. The Kier molecular flexibility index (Phi) is 2.46. The van der Waals surface area contributed by atoms with Crippen LogP contribution in [0, 0.1) is 0 Å². The summed E-state index contributed by atoms with van der Waals surface area (Å²) in [6.45, 7) is 0. The summed E-state index contributed by atoms with van der Waals surface area (Å²) in [5.41, 5.74) is 3.15. The number of carbonyl (C=O) groups excluding carboxylic acids is 1. The average molecular weight is 269 g/mol. The van der Waals surface area contributed by atoms with Gasteiger partial charge in [0.25, 0.3) is 0 Å². The number of phenolic OH excluding ortho intramolecular Hbond substituents is 1. The second kappa shape index (κ2) is 3.76. The minimum absolute atomic E-state index is 0.0124. The van der Waals surface area contributed by atoms with E-state index in [-0.39, 0.29) is 21.6 Å². The van der Waals surface area contributed by atoms with E-state index < -0.39 is 0 Å². The molecule has 2 nitrogen and oxygen atoms in total. The Bertz CT molecular complexity index is 573. The molecular formula is C13H10Cl2O2. The molecule has 0 heterocycles. The highest BCUT2D eigenvalue weighted by Gasteiger charge is 2.34. The van der Waals surface area contributed by atoms with Gasteiger partial charge in [-0.1, -0.05) is 23.2 Å². The lowest BCUT2D eigenvalue weighted by Crippen LogP contribution is -2.02. The molecule has 17 heavy (non-hydrogen) atoms. The summed E-state index contributed by atoms with van der Waals surface area (Å²) in [7, 11) is 0. The molecule has 3 rings (SSSR count). The van der Waals surface area contributed by atoms with Gasteiger partial charge < -0.3 is 5.11 Å². The second-order valence-electron chi connectivity index (χ2n) is 4.44. The fourth-order valence-corrected chi connectivity index (χ4v) is 3.11. The third-order valence-corrected chi connectivity index (χ3v) is 4.34. The molecule has 0 amide bonds. The smallest absolute Gasteiger partial charge is 0.191 e. The van der Waals surface area contributed by atoms with Gasteiger partial charge in [-0.15, -0.1) is 0 Å². The monoisotopic (exact) mass is 268 g/mol. The van der Waals surface area contributed by atoms with Gasteiger partial charge in [-0.2, -0.15) is 0 Å². The van der Waals surface area contributed by atoms with E-state index >= 15 is 0 Å². The van der Waals surface area contributed by atoms with Crippen molar-refractivity contribution in [3.05, 3.63) is 32.8 Å². The maximum absolute atomic E-state index is 12.2. The molecular weight excluding hydrogens is 259 g/mol. The number of aromatic hydroxyl groups is 1. The third-order valence-electron chi connectivity index (χ3n) is 3.48. The molecule has 1 N–H and O–H groups in total. The van der Waals surface area contributed by atoms with Crippen molar-refractivity contribution in [1.29, 1.82) is 0 Å². The molecule has 0 saturated heterocycles. The first-order valence-corrected chi connectivity index (χ1v) is 6.35. The van der Waals surface area contributed by atoms with E-state index in [1.807, 2.05) is 0 Å². The number of phenols is 1. The van der Waals surface area contributed by atoms with Crippen LogP contribution in [-0.2, 0) is 0 Å². The molecule has 0 aliphatic heterocycles. The van der Waals surface area contributed by atoms with Crippen molar-refractivity contribution in [2.24, 2.45) is 0 Å². The number of carbonyl (C=O) groups is 1. The Balaban J connectivity index is 2.29. The topological polar surface area (TPSA) is 37.3 Å². The fourth-order valence-electron chi connectivity index (χ4n) is 2.68. The summed E-state index contributed by atoms with van der Waals surface area (Å²) in [4.78, 5) is 12.2. The molecule has 0 bridgehead atoms. The number of halogens is 2. The van der Waals surface area contributed by atoms with E-state index in [4.69, 9.17) is 23.2 Å². The van der Waals surface area contributed by atoms with E-state index in [0.717, 1.165) is 42.4 Å². The van der Waals surface area contributed by atoms with Gasteiger partial charge in [0.1, 0.15) is 10.8 Å². The van der Waals surface area contributed by atoms with Crippen molar-refractivity contribution in [2.45, 2.75) is 25.7 Å². The average Bonchev–Trinajstić information content (AvgIpc) is 2.61. The highest BCUT2D eigenvalue weighted by molar-refractivity contribution is 6.46. The van der Waals surface area contributed by atoms with E-state index in [1.165, 1.54) is 0 Å². The number of rotatable bonds is 0. The number of hydrogen-bond acceptors (Lipinski definition) is 2. The van der Waals surface area contributed by atoms with E-state index in [2.05, 4.69) is 0 Å².